The molecule has 1 aromatic heterocycles. The molecule has 1 aromatic rings. The molecule has 0 radical (unpaired) electrons. The smallest absolute Gasteiger partial charge is 0.247 e. The monoisotopic (exact) mass is 351 g/mol. The Balaban J connectivity index is 2.24. The normalized spacial score (nSPS) is 18.9. The number of likely N-dealkylation sites (N-methyl/N-ethyl adjacent to an activating group) is 1. The van der Waals surface area contributed by atoms with Crippen molar-refractivity contribution in [1.29, 1.82) is 0 Å². The number of halogens is 1. The third-order valence-electron chi connectivity index (χ3n) is 3.14. The van der Waals surface area contributed by atoms with Crippen LogP contribution in [0, 0.1) is 0 Å². The van der Waals surface area contributed by atoms with E-state index in [1.807, 2.05) is 7.05 Å². The second-order valence-electron chi connectivity index (χ2n) is 4.59. The van der Waals surface area contributed by atoms with Crippen LogP contribution in [0.4, 0.5) is 0 Å². The molecule has 1 aliphatic rings. The maximum absolute atomic E-state index is 12.5. The molecule has 0 saturated carbocycles. The van der Waals surface area contributed by atoms with Crippen molar-refractivity contribution in [2.75, 3.05) is 40.3 Å². The summed E-state index contributed by atoms with van der Waals surface area (Å²) in [6, 6.07) is 1.58. The molecule has 2 rings (SSSR count). The molecule has 0 amide bonds. The molecule has 0 aromatic carbocycles. The molecule has 19 heavy (non-hydrogen) atoms. The topological polar surface area (TPSA) is 65.8 Å². The van der Waals surface area contributed by atoms with Gasteiger partial charge in [0.05, 0.1) is 6.54 Å². The van der Waals surface area contributed by atoms with Gasteiger partial charge in [0.25, 0.3) is 0 Å². The summed E-state index contributed by atoms with van der Waals surface area (Å²) in [5.74, 6) is 0.599. The molecule has 0 bridgehead atoms. The number of hydrogen-bond acceptors (Lipinski definition) is 5. The van der Waals surface area contributed by atoms with E-state index >= 15 is 0 Å². The van der Waals surface area contributed by atoms with Crippen molar-refractivity contribution in [2.45, 2.75) is 11.4 Å². The van der Waals surface area contributed by atoms with Gasteiger partial charge in [-0.3, -0.25) is 0 Å². The van der Waals surface area contributed by atoms with Crippen LogP contribution in [-0.4, -0.2) is 57.9 Å². The predicted molar refractivity (Wildman–Crippen MR) is 75.4 cm³/mol. The molecule has 2 heterocycles. The zero-order valence-corrected chi connectivity index (χ0v) is 13.4. The standard InChI is InChI=1S/C11H18BrN3O3S/c1-13-8-9-7-10(11(12)18-9)19(16,17)15-5-3-14(2)4-6-15/h7,13H,3-6,8H2,1-2H3. The Hall–Kier alpha value is -0.410. The first kappa shape index (κ1) is 15.0. The number of rotatable bonds is 4. The van der Waals surface area contributed by atoms with E-state index in [0.29, 0.717) is 25.4 Å². The Morgan fingerprint density at radius 2 is 2.00 bits per heavy atom. The van der Waals surface area contributed by atoms with E-state index in [2.05, 4.69) is 26.1 Å². The molecule has 1 N–H and O–H groups in total. The van der Waals surface area contributed by atoms with Gasteiger partial charge in [-0.15, -0.1) is 0 Å². The summed E-state index contributed by atoms with van der Waals surface area (Å²) in [5, 5.41) is 2.93. The lowest BCUT2D eigenvalue weighted by Gasteiger charge is -2.31. The molecule has 1 saturated heterocycles. The molecule has 0 spiro atoms. The van der Waals surface area contributed by atoms with Gasteiger partial charge in [-0.2, -0.15) is 4.31 Å². The summed E-state index contributed by atoms with van der Waals surface area (Å²) in [7, 11) is 0.296. The number of nitrogens with zero attached hydrogens (tertiary/aromatic N) is 2. The number of piperazine rings is 1. The van der Waals surface area contributed by atoms with E-state index in [0.717, 1.165) is 13.1 Å². The number of furan rings is 1. The molecule has 0 unspecified atom stereocenters. The van der Waals surface area contributed by atoms with Crippen LogP contribution in [0.5, 0.6) is 0 Å². The van der Waals surface area contributed by atoms with Gasteiger partial charge in [0.15, 0.2) is 4.67 Å². The van der Waals surface area contributed by atoms with Gasteiger partial charge in [0.1, 0.15) is 10.7 Å². The first-order chi connectivity index (χ1) is 8.95. The molecule has 1 aliphatic heterocycles. The molecular formula is C11H18BrN3O3S. The fourth-order valence-corrected chi connectivity index (χ4v) is 4.39. The van der Waals surface area contributed by atoms with Crippen LogP contribution in [0.25, 0.3) is 0 Å². The lowest BCUT2D eigenvalue weighted by molar-refractivity contribution is 0.222. The third-order valence-corrected chi connectivity index (χ3v) is 5.89. The molecule has 108 valence electrons. The Morgan fingerprint density at radius 1 is 1.37 bits per heavy atom. The first-order valence-corrected chi connectivity index (χ1v) is 8.30. The highest BCUT2D eigenvalue weighted by molar-refractivity contribution is 9.10. The molecule has 0 aliphatic carbocycles. The van der Waals surface area contributed by atoms with Gasteiger partial charge in [0.2, 0.25) is 10.0 Å². The fourth-order valence-electron chi connectivity index (χ4n) is 2.00. The fraction of sp³-hybridized carbons (Fsp3) is 0.636. The molecule has 6 nitrogen and oxygen atoms in total. The second-order valence-corrected chi connectivity index (χ2v) is 7.21. The van der Waals surface area contributed by atoms with Gasteiger partial charge < -0.3 is 14.6 Å². The Morgan fingerprint density at radius 3 is 2.58 bits per heavy atom. The molecule has 0 atom stereocenters. The first-order valence-electron chi connectivity index (χ1n) is 6.06. The van der Waals surface area contributed by atoms with Crippen molar-refractivity contribution in [2.24, 2.45) is 0 Å². The minimum Gasteiger partial charge on any atom is -0.452 e. The van der Waals surface area contributed by atoms with E-state index < -0.39 is 10.0 Å². The van der Waals surface area contributed by atoms with Gasteiger partial charge in [-0.25, -0.2) is 8.42 Å². The summed E-state index contributed by atoms with van der Waals surface area (Å²) in [5.41, 5.74) is 0. The number of sulfonamides is 1. The summed E-state index contributed by atoms with van der Waals surface area (Å²) in [4.78, 5) is 2.32. The van der Waals surface area contributed by atoms with Crippen LogP contribution < -0.4 is 5.32 Å². The zero-order chi connectivity index (χ0) is 14.0. The van der Waals surface area contributed by atoms with Crippen LogP contribution in [-0.2, 0) is 16.6 Å². The highest BCUT2D eigenvalue weighted by Crippen LogP contribution is 2.29. The Bertz CT molecular complexity index is 535. The Kier molecular flexibility index (Phi) is 4.67. The third kappa shape index (κ3) is 3.19. The van der Waals surface area contributed by atoms with Crippen molar-refractivity contribution < 1.29 is 12.8 Å². The van der Waals surface area contributed by atoms with Gasteiger partial charge in [0, 0.05) is 32.2 Å². The number of nitrogens with one attached hydrogen (secondary N) is 1. The minimum atomic E-state index is -3.48. The van der Waals surface area contributed by atoms with Gasteiger partial charge in [-0.1, -0.05) is 0 Å². The summed E-state index contributed by atoms with van der Waals surface area (Å²) < 4.78 is 32.2. The van der Waals surface area contributed by atoms with E-state index in [9.17, 15) is 8.42 Å². The predicted octanol–water partition coefficient (Wildman–Crippen LogP) is 0.698. The van der Waals surface area contributed by atoms with Crippen molar-refractivity contribution in [3.63, 3.8) is 0 Å². The van der Waals surface area contributed by atoms with E-state index in [1.54, 1.807) is 13.1 Å². The Labute approximate surface area is 121 Å². The quantitative estimate of drug-likeness (QED) is 0.864. The lowest BCUT2D eigenvalue weighted by atomic mass is 10.4. The summed E-state index contributed by atoms with van der Waals surface area (Å²) in [6.45, 7) is 3.02. The minimum absolute atomic E-state index is 0.210. The molecule has 1 fully saturated rings. The maximum Gasteiger partial charge on any atom is 0.247 e. The van der Waals surface area contributed by atoms with Gasteiger partial charge in [-0.05, 0) is 30.0 Å². The van der Waals surface area contributed by atoms with Crippen LogP contribution in [0.3, 0.4) is 0 Å². The van der Waals surface area contributed by atoms with Crippen molar-refractivity contribution in [3.05, 3.63) is 16.5 Å². The van der Waals surface area contributed by atoms with E-state index in [-0.39, 0.29) is 9.56 Å². The van der Waals surface area contributed by atoms with Crippen LogP contribution in [0.1, 0.15) is 5.76 Å². The van der Waals surface area contributed by atoms with Crippen molar-refractivity contribution in [3.8, 4) is 0 Å². The number of hydrogen-bond donors (Lipinski definition) is 1. The average Bonchev–Trinajstić information content (AvgIpc) is 2.72. The van der Waals surface area contributed by atoms with E-state index in [4.69, 9.17) is 4.42 Å². The van der Waals surface area contributed by atoms with Crippen LogP contribution in [0.2, 0.25) is 0 Å². The van der Waals surface area contributed by atoms with Gasteiger partial charge >= 0.3 is 0 Å². The van der Waals surface area contributed by atoms with Crippen molar-refractivity contribution in [1.82, 2.24) is 14.5 Å². The molecular weight excluding hydrogens is 334 g/mol. The molecule has 8 heteroatoms. The highest BCUT2D eigenvalue weighted by Gasteiger charge is 2.31. The highest BCUT2D eigenvalue weighted by atomic mass is 79.9. The largest absolute Gasteiger partial charge is 0.452 e. The maximum atomic E-state index is 12.5. The average molecular weight is 352 g/mol. The summed E-state index contributed by atoms with van der Waals surface area (Å²) in [6.07, 6.45) is 0. The van der Waals surface area contributed by atoms with E-state index in [1.165, 1.54) is 4.31 Å². The van der Waals surface area contributed by atoms with Crippen LogP contribution >= 0.6 is 15.9 Å². The zero-order valence-electron chi connectivity index (χ0n) is 11.0. The SMILES string of the molecule is CNCc1cc(S(=O)(=O)N2CCN(C)CC2)c(Br)o1. The van der Waals surface area contributed by atoms with Crippen LogP contribution in [0.15, 0.2) is 20.0 Å². The second kappa shape index (κ2) is 5.92. The summed E-state index contributed by atoms with van der Waals surface area (Å²) >= 11 is 3.19. The van der Waals surface area contributed by atoms with Crippen molar-refractivity contribution >= 4 is 26.0 Å². The lowest BCUT2D eigenvalue weighted by Crippen LogP contribution is -2.47.